The van der Waals surface area contributed by atoms with Crippen LogP contribution >= 0.6 is 0 Å². The minimum absolute atomic E-state index is 0.00219. The highest BCUT2D eigenvalue weighted by atomic mass is 16.2. The molecule has 0 bridgehead atoms. The van der Waals surface area contributed by atoms with Gasteiger partial charge in [-0.15, -0.1) is 0 Å². The summed E-state index contributed by atoms with van der Waals surface area (Å²) < 4.78 is 0. The molecule has 13 amide bonds. The molecule has 2 saturated heterocycles. The van der Waals surface area contributed by atoms with Gasteiger partial charge in [-0.2, -0.15) is 0 Å². The summed E-state index contributed by atoms with van der Waals surface area (Å²) in [5, 5.41) is 21.1. The molecule has 31 heteroatoms. The molecule has 0 aliphatic carbocycles. The molecule has 0 aromatic heterocycles. The van der Waals surface area contributed by atoms with Crippen molar-refractivity contribution in [2.45, 2.75) is 197 Å². The summed E-state index contributed by atoms with van der Waals surface area (Å²) in [6.07, 6.45) is 1.29. The number of primary amides is 3. The minimum atomic E-state index is -1.64. The van der Waals surface area contributed by atoms with Gasteiger partial charge >= 0.3 is 0 Å². The number of aliphatic imine (C=N–C) groups is 1. The van der Waals surface area contributed by atoms with Gasteiger partial charge < -0.3 is 92.5 Å². The first kappa shape index (κ1) is 78.2. The molecule has 0 spiro atoms. The second-order valence-electron chi connectivity index (χ2n) is 25.0. The fourth-order valence-electron chi connectivity index (χ4n) is 11.2. The number of nitrogens with one attached hydrogen (secondary N) is 8. The lowest BCUT2D eigenvalue weighted by Gasteiger charge is -2.32. The van der Waals surface area contributed by atoms with Crippen LogP contribution in [-0.4, -0.2) is 186 Å². The Morgan fingerprint density at radius 1 is 0.495 bits per heavy atom. The second kappa shape index (κ2) is 40.1. The van der Waals surface area contributed by atoms with E-state index in [0.29, 0.717) is 49.7 Å². The van der Waals surface area contributed by atoms with Crippen LogP contribution < -0.4 is 82.7 Å². The third-order valence-corrected chi connectivity index (χ3v) is 16.1. The molecule has 2 aliphatic heterocycles. The fraction of sp³-hybridized carbons (Fsp3) is 0.594. The molecule has 2 aromatic rings. The summed E-state index contributed by atoms with van der Waals surface area (Å²) >= 11 is 0. The Hall–Kier alpha value is -9.26. The molecule has 2 fully saturated rings. The molecule has 2 heterocycles. The quantitative estimate of drug-likeness (QED) is 0.0175. The summed E-state index contributed by atoms with van der Waals surface area (Å²) in [5.41, 5.74) is 40.6. The van der Waals surface area contributed by atoms with Gasteiger partial charge in [0.25, 0.3) is 0 Å². The number of amides is 13. The smallest absolute Gasteiger partial charge is 0.245 e. The third kappa shape index (κ3) is 27.3. The van der Waals surface area contributed by atoms with E-state index >= 15 is 0 Å². The van der Waals surface area contributed by atoms with Gasteiger partial charge in [0.1, 0.15) is 54.4 Å². The summed E-state index contributed by atoms with van der Waals surface area (Å²) in [7, 11) is 0. The zero-order valence-electron chi connectivity index (χ0n) is 54.9. The first-order valence-corrected chi connectivity index (χ1v) is 32.5. The van der Waals surface area contributed by atoms with Gasteiger partial charge in [0.15, 0.2) is 5.96 Å². The largest absolute Gasteiger partial charge is 0.370 e. The number of unbranched alkanes of at least 4 members (excludes halogenated alkanes) is 1. The van der Waals surface area contributed by atoms with Gasteiger partial charge in [0.05, 0.1) is 12.6 Å². The number of rotatable bonds is 41. The number of carbonyl (C=O) groups is 13. The molecule has 4 rings (SSSR count). The first-order valence-electron chi connectivity index (χ1n) is 32.5. The predicted molar refractivity (Wildman–Crippen MR) is 352 cm³/mol. The molecule has 31 nitrogen and oxygen atoms in total. The van der Waals surface area contributed by atoms with Crippen molar-refractivity contribution in [3.63, 3.8) is 0 Å². The minimum Gasteiger partial charge on any atom is -0.370 e. The number of nitrogens with zero attached hydrogens (tertiary/aromatic N) is 3. The van der Waals surface area contributed by atoms with E-state index in [9.17, 15) is 62.3 Å². The predicted octanol–water partition coefficient (Wildman–Crippen LogP) is -3.42. The highest BCUT2D eigenvalue weighted by molar-refractivity contribution is 5.99. The Kier molecular flexibility index (Phi) is 33.0. The lowest BCUT2D eigenvalue weighted by atomic mass is 10.00. The van der Waals surface area contributed by atoms with Crippen LogP contribution in [-0.2, 0) is 75.2 Å². The molecular weight excluding hydrogens is 1230 g/mol. The van der Waals surface area contributed by atoms with Crippen LogP contribution in [0.15, 0.2) is 65.7 Å². The van der Waals surface area contributed by atoms with E-state index < -0.39 is 169 Å². The van der Waals surface area contributed by atoms with Crippen LogP contribution in [0, 0.1) is 11.8 Å². The summed E-state index contributed by atoms with van der Waals surface area (Å²) in [4.78, 5) is 185. The fourth-order valence-corrected chi connectivity index (χ4v) is 11.2. The summed E-state index contributed by atoms with van der Waals surface area (Å²) in [5.74, 6) is -10.3. The van der Waals surface area contributed by atoms with E-state index in [0.717, 1.165) is 0 Å². The zero-order chi connectivity index (χ0) is 70.3. The number of nitrogens with two attached hydrogens (primary N) is 7. The van der Waals surface area contributed by atoms with E-state index in [4.69, 9.17) is 40.1 Å². The van der Waals surface area contributed by atoms with Gasteiger partial charge in [-0.25, -0.2) is 0 Å². The van der Waals surface area contributed by atoms with Crippen molar-refractivity contribution in [1.29, 1.82) is 0 Å². The maximum atomic E-state index is 14.7. The zero-order valence-corrected chi connectivity index (χ0v) is 54.9. The first-order chi connectivity index (χ1) is 45.1. The van der Waals surface area contributed by atoms with Crippen molar-refractivity contribution in [3.05, 3.63) is 71.8 Å². The van der Waals surface area contributed by atoms with Crippen molar-refractivity contribution in [1.82, 2.24) is 52.3 Å². The standard InChI is InChI=1S/C64H100N18O13/c1-37(2)32-45(54(69)86)78-58(90)46(33-38(3)4)74-53(85)36-73-55(87)47(34-39-16-7-5-8-17-39)79-59(91)48(35-40-18-9-6-10-19-40)80-57(89)42(24-26-51(67)83)75-56(88)43(25-27-52(68)84)76-60(92)50-23-15-31-82(50)63(95)44(21-11-12-28-65)77-61(93)49-22-14-30-81(49)62(94)41(66)20-13-29-72-64(70)71/h5-10,16-19,37-38,41-50H,11-15,20-36,65-66H2,1-4H3,(H2,67,83)(H2,68,84)(H2,69,86)(H,73,87)(H,74,85)(H,75,88)(H,76,92)(H,77,93)(H,78,90)(H,79,91)(H,80,89)(H4,70,71,72)/t41-,42-,43-,44-,45-,46-,47-,48-,49-,50-/m0/s1. The number of benzene rings is 2. The van der Waals surface area contributed by atoms with Crippen molar-refractivity contribution in [3.8, 4) is 0 Å². The van der Waals surface area contributed by atoms with Crippen molar-refractivity contribution in [2.24, 2.45) is 57.0 Å². The monoisotopic (exact) mass is 1330 g/mol. The van der Waals surface area contributed by atoms with Gasteiger partial charge in [0, 0.05) is 45.3 Å². The van der Waals surface area contributed by atoms with Gasteiger partial charge in [-0.05, 0) is 113 Å². The maximum Gasteiger partial charge on any atom is 0.245 e. The lowest BCUT2D eigenvalue weighted by molar-refractivity contribution is -0.144. The van der Waals surface area contributed by atoms with Gasteiger partial charge in [-0.3, -0.25) is 67.3 Å². The van der Waals surface area contributed by atoms with Crippen LogP contribution in [0.3, 0.4) is 0 Å². The number of hydrogen-bond acceptors (Lipinski definition) is 16. The lowest BCUT2D eigenvalue weighted by Crippen LogP contribution is -2.60. The molecule has 2 aliphatic rings. The van der Waals surface area contributed by atoms with Crippen LogP contribution in [0.5, 0.6) is 0 Å². The third-order valence-electron chi connectivity index (χ3n) is 16.1. The Morgan fingerprint density at radius 3 is 1.42 bits per heavy atom. The number of likely N-dealkylation sites (tertiary alicyclic amines) is 2. The average Bonchev–Trinajstić information content (AvgIpc) is 1.78. The van der Waals surface area contributed by atoms with E-state index in [1.807, 2.05) is 27.7 Å². The van der Waals surface area contributed by atoms with Crippen LogP contribution in [0.2, 0.25) is 0 Å². The molecule has 10 atom stereocenters. The SMILES string of the molecule is CC(C)C[C@H](NC(=O)[C@H](CC(C)C)NC(=O)CNC(=O)[C@H](Cc1ccccc1)NC(=O)[C@H](Cc1ccccc1)NC(=O)[C@H](CCC(N)=O)NC(=O)[C@H](CCC(N)=O)NC(=O)[C@@H]1CCCN1C(=O)[C@H](CCCCN)NC(=O)[C@@H]1CCCN1C(=O)[C@@H](N)CCCN=C(N)N)C(N)=O. The number of carbonyl (C=O) groups excluding carboxylic acids is 13. The second-order valence-corrected chi connectivity index (χ2v) is 25.0. The van der Waals surface area contributed by atoms with Gasteiger partial charge in [0.2, 0.25) is 76.8 Å². The van der Waals surface area contributed by atoms with Crippen molar-refractivity contribution >= 4 is 82.8 Å². The molecule has 2 aromatic carbocycles. The number of hydrogen-bond donors (Lipinski definition) is 15. The Labute approximate surface area is 554 Å². The highest BCUT2D eigenvalue weighted by Gasteiger charge is 2.42. The Morgan fingerprint density at radius 2 is 0.937 bits per heavy atom. The normalized spacial score (nSPS) is 16.9. The van der Waals surface area contributed by atoms with E-state index in [2.05, 4.69) is 47.5 Å². The van der Waals surface area contributed by atoms with Crippen LogP contribution in [0.1, 0.15) is 135 Å². The summed E-state index contributed by atoms with van der Waals surface area (Å²) in [6.45, 7) is 7.57. The maximum absolute atomic E-state index is 14.7. The highest BCUT2D eigenvalue weighted by Crippen LogP contribution is 2.24. The van der Waals surface area contributed by atoms with Crippen LogP contribution in [0.4, 0.5) is 0 Å². The van der Waals surface area contributed by atoms with Crippen molar-refractivity contribution < 1.29 is 62.3 Å². The molecule has 0 unspecified atom stereocenters. The molecular formula is C64H100N18O13. The molecule has 95 heavy (non-hydrogen) atoms. The average molecular weight is 1330 g/mol. The molecule has 0 radical (unpaired) electrons. The van der Waals surface area contributed by atoms with Crippen LogP contribution in [0.25, 0.3) is 0 Å². The number of guanidine groups is 1. The Balaban J connectivity index is 1.57. The van der Waals surface area contributed by atoms with Crippen molar-refractivity contribution in [2.75, 3.05) is 32.7 Å². The summed E-state index contributed by atoms with van der Waals surface area (Å²) in [6, 6.07) is 4.50. The van der Waals surface area contributed by atoms with E-state index in [-0.39, 0.29) is 88.9 Å². The molecule has 22 N–H and O–H groups in total. The molecule has 0 saturated carbocycles. The molecule has 524 valence electrons. The van der Waals surface area contributed by atoms with E-state index in [1.54, 1.807) is 60.7 Å². The topological polar surface area (TPSA) is 519 Å². The van der Waals surface area contributed by atoms with Gasteiger partial charge in [-0.1, -0.05) is 88.4 Å². The van der Waals surface area contributed by atoms with E-state index in [1.165, 1.54) is 9.80 Å². The Bertz CT molecular complexity index is 2970.